The van der Waals surface area contributed by atoms with Crippen molar-refractivity contribution in [1.82, 2.24) is 47.5 Å². The number of barbiturate groups is 4. The Morgan fingerprint density at radius 3 is 1.21 bits per heavy atom. The summed E-state index contributed by atoms with van der Waals surface area (Å²) in [7, 11) is 0. The zero-order valence-electron chi connectivity index (χ0n) is 56.2. The molecular formula is C74H82FeN10O14Ru. The molecule has 6 aliphatic heterocycles. The molecular weight excluding hydrogens is 1410 g/mol. The summed E-state index contributed by atoms with van der Waals surface area (Å²) in [5, 5.41) is 28.2. The van der Waals surface area contributed by atoms with Crippen LogP contribution in [-0.2, 0) is 85.7 Å². The van der Waals surface area contributed by atoms with E-state index in [4.69, 9.17) is 0 Å². The molecule has 7 heterocycles. The number of fused-ring (bicyclic) bond motifs is 2. The fourth-order valence-corrected chi connectivity index (χ4v) is 13.7. The number of para-hydroxylation sites is 1. The zero-order valence-corrected chi connectivity index (χ0v) is 59.1. The van der Waals surface area contributed by atoms with Crippen LogP contribution in [0.2, 0.25) is 0 Å². The number of amides is 16. The average molecular weight is 1490 g/mol. The maximum atomic E-state index is 12.9. The Morgan fingerprint density at radius 2 is 0.810 bits per heavy atom. The quantitative estimate of drug-likeness (QED) is 0.0509. The van der Waals surface area contributed by atoms with E-state index in [1.165, 1.54) is 99.2 Å². The molecule has 3 aromatic carbocycles. The average Bonchev–Trinajstić information content (AvgIpc) is 1.41. The van der Waals surface area contributed by atoms with E-state index in [-0.39, 0.29) is 97.9 Å². The van der Waals surface area contributed by atoms with Crippen LogP contribution >= 0.6 is 0 Å². The number of aliphatic hydroxyl groups excluding tert-OH is 1. The van der Waals surface area contributed by atoms with Gasteiger partial charge in [-0.2, -0.15) is 0 Å². The number of aliphatic hydroxyl groups is 1. The molecule has 16 amide bonds. The van der Waals surface area contributed by atoms with Gasteiger partial charge < -0.3 is 10.0 Å². The van der Waals surface area contributed by atoms with Gasteiger partial charge in [0.05, 0.1) is 16.8 Å². The van der Waals surface area contributed by atoms with Crippen molar-refractivity contribution < 1.29 is 104 Å². The predicted octanol–water partition coefficient (Wildman–Crippen LogP) is 10.0. The first-order valence-electron chi connectivity index (χ1n) is 33.8. The number of nitrogens with one attached hydrogen (secondary N) is 8. The van der Waals surface area contributed by atoms with Crippen LogP contribution in [0.1, 0.15) is 200 Å². The number of aromatic nitrogens is 1. The van der Waals surface area contributed by atoms with E-state index in [0.717, 1.165) is 88.2 Å². The molecule has 4 saturated carbocycles. The maximum Gasteiger partial charge on any atom is 0.328 e. The molecule has 0 bridgehead atoms. The molecule has 26 heteroatoms. The summed E-state index contributed by atoms with van der Waals surface area (Å²) in [6, 6.07) is 16.5. The van der Waals surface area contributed by atoms with Crippen LogP contribution in [-0.4, -0.2) is 100 Å². The smallest absolute Gasteiger partial charge is 0.328 e. The number of hydrogen-bond donors (Lipinski definition) is 9. The zero-order chi connectivity index (χ0) is 70.0. The number of urea groups is 4. The summed E-state index contributed by atoms with van der Waals surface area (Å²) in [4.78, 5) is 157. The van der Waals surface area contributed by atoms with Gasteiger partial charge in [-0.3, -0.25) is 85.7 Å². The van der Waals surface area contributed by atoms with E-state index in [1.807, 2.05) is 41.0 Å². The van der Waals surface area contributed by atoms with Crippen molar-refractivity contribution in [2.24, 2.45) is 11.8 Å². The van der Waals surface area contributed by atoms with Crippen LogP contribution in [0.15, 0.2) is 101 Å². The third-order valence-electron chi connectivity index (χ3n) is 19.3. The first-order valence-corrected chi connectivity index (χ1v) is 33.8. The number of Topliss-reactive ketones (excluding diaryl/α,β-unsaturated/α-hetero) is 1. The van der Waals surface area contributed by atoms with Gasteiger partial charge in [-0.15, -0.1) is 0 Å². The third kappa shape index (κ3) is 18.5. The molecule has 4 aromatic rings. The van der Waals surface area contributed by atoms with Gasteiger partial charge in [-0.1, -0.05) is 160 Å². The van der Waals surface area contributed by atoms with Crippen molar-refractivity contribution in [3.8, 4) is 0 Å². The summed E-state index contributed by atoms with van der Waals surface area (Å²) < 4.78 is 0. The molecule has 4 saturated heterocycles. The number of carbonyl (C=O) groups is 13. The van der Waals surface area contributed by atoms with E-state index < -0.39 is 71.4 Å². The standard InChI is InChI=1S/C23H13N3O5.C21H25N3O3.2C10H12N2O3.2C5H10.Fe.Ru/c27-19-13-7-5-11(10-15-21(29)25-23(31)26-22(15)30)9-14(13)20(28)18(19)17-8-6-12-3-1-2-4-16(12)24-17;1-20(2)5-7-24-8-6-21(3,4)15-11-12(10-14(20)16(15)24)9-13-17(25)22-19(27)23-18(13)26;2*13-8-7(5-6-3-1-2-4-6)9(14)12-10(15)11-8;2*1-2-4-5-3-1;;/h1-10,28H,(H2,25,26,29,30,31);9-11H,5-8H2,1-4H3,(H2,22,23,25,26,27);2*5-6H,1-4H2,(H2,11,12,13,14,15);2*1-5H2;;. The topological polar surface area (TPSA) is 355 Å². The molecule has 0 atom stereocenters. The van der Waals surface area contributed by atoms with Gasteiger partial charge in [0.1, 0.15) is 28.1 Å². The Balaban J connectivity index is 0.000000166. The van der Waals surface area contributed by atoms with Crippen LogP contribution in [0.25, 0.3) is 34.4 Å². The summed E-state index contributed by atoms with van der Waals surface area (Å²) >= 11 is 0. The molecule has 528 valence electrons. The monoisotopic (exact) mass is 1490 g/mol. The number of rotatable bonds is 5. The number of carbonyl (C=O) groups excluding carboxylic acids is 13. The van der Waals surface area contributed by atoms with Crippen LogP contribution in [0, 0.1) is 11.8 Å². The first-order chi connectivity index (χ1) is 46.8. The second kappa shape index (κ2) is 33.7. The molecule has 9 N–H and O–H groups in total. The number of ketones is 1. The van der Waals surface area contributed by atoms with E-state index in [0.29, 0.717) is 28.6 Å². The molecule has 24 nitrogen and oxygen atoms in total. The van der Waals surface area contributed by atoms with Gasteiger partial charge in [0, 0.05) is 71.8 Å². The molecule has 0 radical (unpaired) electrons. The second-order valence-electron chi connectivity index (χ2n) is 27.3. The largest absolute Gasteiger partial charge is 0.506 e. The van der Waals surface area contributed by atoms with Crippen molar-refractivity contribution in [3.05, 3.63) is 140 Å². The molecule has 100 heavy (non-hydrogen) atoms. The number of anilines is 1. The van der Waals surface area contributed by atoms with Crippen molar-refractivity contribution in [2.75, 3.05) is 18.0 Å². The van der Waals surface area contributed by atoms with Gasteiger partial charge in [0.2, 0.25) is 0 Å². The molecule has 5 aliphatic carbocycles. The van der Waals surface area contributed by atoms with Crippen LogP contribution < -0.4 is 47.4 Å². The summed E-state index contributed by atoms with van der Waals surface area (Å²) in [6.45, 7) is 11.1. The van der Waals surface area contributed by atoms with E-state index >= 15 is 0 Å². The number of benzene rings is 3. The number of allylic oxidation sites excluding steroid dienone is 3. The molecule has 15 rings (SSSR count). The summed E-state index contributed by atoms with van der Waals surface area (Å²) in [6.07, 6.45) is 32.0. The van der Waals surface area contributed by atoms with Crippen LogP contribution in [0.5, 0.6) is 0 Å². The Hall–Kier alpha value is -9.38. The fraction of sp³-hybridized carbons (Fsp3) is 0.405. The molecule has 0 unspecified atom stereocenters. The fourth-order valence-electron chi connectivity index (χ4n) is 13.7. The Labute approximate surface area is 602 Å². The minimum absolute atomic E-state index is 0. The number of hydrogen-bond acceptors (Lipinski definition) is 16. The van der Waals surface area contributed by atoms with Gasteiger partial charge in [0.15, 0.2) is 5.78 Å². The van der Waals surface area contributed by atoms with Gasteiger partial charge in [-0.05, 0) is 132 Å². The van der Waals surface area contributed by atoms with Crippen LogP contribution in [0.4, 0.5) is 24.9 Å². The van der Waals surface area contributed by atoms with Crippen molar-refractivity contribution >= 4 is 117 Å². The Morgan fingerprint density at radius 1 is 0.440 bits per heavy atom. The van der Waals surface area contributed by atoms with Gasteiger partial charge in [-0.25, -0.2) is 24.2 Å². The Bertz CT molecular complexity index is 3940. The number of nitrogens with zero attached hydrogens (tertiary/aromatic N) is 2. The second-order valence-corrected chi connectivity index (χ2v) is 27.3. The SMILES string of the molecule is C1CCCC1.C1CCCC1.CC1(C)CCN2CCC(C)(C)c3cc(C=C4C(=O)NC(=O)NC4=O)cc1c32.O=C1NC(=O)C(=CC2CCCC2)C(=O)N1.O=C1NC(=O)C(=CC2CCCC2)C(=O)N1.O=C1NC(=O)C(=Cc2ccc3c(c2)C(O)=C(c2ccc4ccccc4n2)C3=O)C(=O)N1.[Fe].[Ru]. The molecule has 8 fully saturated rings. The normalized spacial score (nSPS) is 20.2. The van der Waals surface area contributed by atoms with E-state index in [9.17, 15) is 67.4 Å². The van der Waals surface area contributed by atoms with E-state index in [1.54, 1.807) is 30.4 Å². The van der Waals surface area contributed by atoms with E-state index in [2.05, 4.69) is 81.6 Å². The summed E-state index contributed by atoms with van der Waals surface area (Å²) in [5.41, 5.74) is 6.65. The predicted molar refractivity (Wildman–Crippen MR) is 365 cm³/mol. The molecule has 0 spiro atoms. The van der Waals surface area contributed by atoms with Crippen LogP contribution in [0.3, 0.4) is 0 Å². The minimum Gasteiger partial charge on any atom is -0.506 e. The van der Waals surface area contributed by atoms with Crippen molar-refractivity contribution in [2.45, 2.75) is 167 Å². The Kier molecular flexibility index (Phi) is 25.7. The van der Waals surface area contributed by atoms with Crippen molar-refractivity contribution in [1.29, 1.82) is 0 Å². The maximum absolute atomic E-state index is 12.9. The number of pyridine rings is 1. The van der Waals surface area contributed by atoms with Crippen molar-refractivity contribution in [3.63, 3.8) is 0 Å². The molecule has 1 aromatic heterocycles. The molecule has 11 aliphatic rings. The summed E-state index contributed by atoms with van der Waals surface area (Å²) in [5.74, 6) is -5.32. The van der Waals surface area contributed by atoms with Gasteiger partial charge in [0.25, 0.3) is 47.3 Å². The minimum atomic E-state index is -0.889. The third-order valence-corrected chi connectivity index (χ3v) is 19.3. The first kappa shape index (κ1) is 76.4. The number of imide groups is 8. The van der Waals surface area contributed by atoms with Gasteiger partial charge >= 0.3 is 24.1 Å².